The van der Waals surface area contributed by atoms with Crippen molar-refractivity contribution in [2.24, 2.45) is 0 Å². The zero-order chi connectivity index (χ0) is 14.5. The van der Waals surface area contributed by atoms with Crippen molar-refractivity contribution < 1.29 is 14.4 Å². The number of halogens is 1. The van der Waals surface area contributed by atoms with E-state index < -0.39 is 4.92 Å². The zero-order valence-electron chi connectivity index (χ0n) is 10.7. The maximum absolute atomic E-state index is 11.1. The van der Waals surface area contributed by atoms with E-state index in [1.54, 1.807) is 12.1 Å². The Bertz CT molecular complexity index is 630. The minimum absolute atomic E-state index is 0.131. The van der Waals surface area contributed by atoms with Crippen molar-refractivity contribution in [3.05, 3.63) is 58.1 Å². The van der Waals surface area contributed by atoms with Crippen LogP contribution in [-0.2, 0) is 5.33 Å². The van der Waals surface area contributed by atoms with Gasteiger partial charge in [0, 0.05) is 10.9 Å². The van der Waals surface area contributed by atoms with Crippen LogP contribution in [-0.4, -0.2) is 12.0 Å². The first-order chi connectivity index (χ1) is 9.65. The average molecular weight is 338 g/mol. The van der Waals surface area contributed by atoms with E-state index in [-0.39, 0.29) is 11.4 Å². The van der Waals surface area contributed by atoms with Crippen molar-refractivity contribution in [2.75, 3.05) is 7.11 Å². The van der Waals surface area contributed by atoms with E-state index in [1.165, 1.54) is 19.2 Å². The molecule has 0 saturated carbocycles. The monoisotopic (exact) mass is 337 g/mol. The fourth-order valence-corrected chi connectivity index (χ4v) is 2.15. The van der Waals surface area contributed by atoms with Crippen molar-refractivity contribution in [1.82, 2.24) is 0 Å². The maximum Gasteiger partial charge on any atom is 0.315 e. The number of methoxy groups -OCH3 is 1. The van der Waals surface area contributed by atoms with Crippen LogP contribution in [0.1, 0.15) is 5.56 Å². The molecule has 0 aliphatic carbocycles. The summed E-state index contributed by atoms with van der Waals surface area (Å²) in [6, 6.07) is 11.8. The highest BCUT2D eigenvalue weighted by atomic mass is 79.9. The summed E-state index contributed by atoms with van der Waals surface area (Å²) in [6.07, 6.45) is 0. The van der Waals surface area contributed by atoms with Crippen molar-refractivity contribution in [3.63, 3.8) is 0 Å². The van der Waals surface area contributed by atoms with Crippen LogP contribution in [0.25, 0.3) is 0 Å². The number of rotatable bonds is 5. The van der Waals surface area contributed by atoms with Gasteiger partial charge in [0.25, 0.3) is 0 Å². The van der Waals surface area contributed by atoms with E-state index in [2.05, 4.69) is 15.9 Å². The normalized spacial score (nSPS) is 10.1. The summed E-state index contributed by atoms with van der Waals surface area (Å²) >= 11 is 3.36. The number of benzene rings is 2. The quantitative estimate of drug-likeness (QED) is 0.463. The molecule has 0 aliphatic heterocycles. The van der Waals surface area contributed by atoms with Crippen LogP contribution in [0.3, 0.4) is 0 Å². The van der Waals surface area contributed by atoms with Crippen LogP contribution in [0, 0.1) is 10.1 Å². The molecule has 0 unspecified atom stereocenters. The van der Waals surface area contributed by atoms with Gasteiger partial charge in [0.2, 0.25) is 5.75 Å². The number of nitro groups is 1. The van der Waals surface area contributed by atoms with Gasteiger partial charge >= 0.3 is 5.69 Å². The Morgan fingerprint density at radius 1 is 1.20 bits per heavy atom. The number of alkyl halides is 1. The Kier molecular flexibility index (Phi) is 4.57. The van der Waals surface area contributed by atoms with Gasteiger partial charge in [-0.15, -0.1) is 0 Å². The van der Waals surface area contributed by atoms with Gasteiger partial charge in [-0.3, -0.25) is 10.1 Å². The number of hydrogen-bond donors (Lipinski definition) is 0. The van der Waals surface area contributed by atoms with Gasteiger partial charge in [0.05, 0.1) is 18.1 Å². The summed E-state index contributed by atoms with van der Waals surface area (Å²) in [5, 5.41) is 11.7. The molecule has 0 radical (unpaired) electrons. The second kappa shape index (κ2) is 6.38. The van der Waals surface area contributed by atoms with Crippen molar-refractivity contribution in [1.29, 1.82) is 0 Å². The Balaban J connectivity index is 2.40. The number of para-hydroxylation sites is 1. The minimum Gasteiger partial charge on any atom is -0.496 e. The molecule has 5 nitrogen and oxygen atoms in total. The topological polar surface area (TPSA) is 61.6 Å². The molecule has 0 N–H and O–H groups in total. The fourth-order valence-electron chi connectivity index (χ4n) is 1.69. The van der Waals surface area contributed by atoms with Gasteiger partial charge in [0.15, 0.2) is 0 Å². The average Bonchev–Trinajstić information content (AvgIpc) is 2.48. The third kappa shape index (κ3) is 3.08. The predicted molar refractivity (Wildman–Crippen MR) is 78.8 cm³/mol. The third-order valence-electron chi connectivity index (χ3n) is 2.70. The number of ether oxygens (including phenoxy) is 2. The molecule has 0 aromatic heterocycles. The maximum atomic E-state index is 11.1. The highest BCUT2D eigenvalue weighted by Gasteiger charge is 2.18. The lowest BCUT2D eigenvalue weighted by molar-refractivity contribution is -0.385. The molecular weight excluding hydrogens is 326 g/mol. The summed E-state index contributed by atoms with van der Waals surface area (Å²) in [6.45, 7) is 0. The summed E-state index contributed by atoms with van der Waals surface area (Å²) in [4.78, 5) is 10.6. The van der Waals surface area contributed by atoms with Crippen LogP contribution in [0.5, 0.6) is 17.2 Å². The molecule has 0 spiro atoms. The molecule has 104 valence electrons. The highest BCUT2D eigenvalue weighted by molar-refractivity contribution is 9.08. The first-order valence-electron chi connectivity index (χ1n) is 5.80. The lowest BCUT2D eigenvalue weighted by Crippen LogP contribution is -1.96. The standard InChI is InChI=1S/C14H12BrNO4/c1-19-11-6-7-14(12(8-11)16(17)18)20-13-5-3-2-4-10(13)9-15/h2-8H,9H2,1H3. The van der Waals surface area contributed by atoms with Gasteiger partial charge < -0.3 is 9.47 Å². The van der Waals surface area contributed by atoms with Crippen LogP contribution < -0.4 is 9.47 Å². The first kappa shape index (κ1) is 14.3. The molecule has 0 amide bonds. The highest BCUT2D eigenvalue weighted by Crippen LogP contribution is 2.35. The van der Waals surface area contributed by atoms with Crippen LogP contribution in [0.2, 0.25) is 0 Å². The van der Waals surface area contributed by atoms with Gasteiger partial charge in [-0.05, 0) is 18.2 Å². The Morgan fingerprint density at radius 2 is 1.95 bits per heavy atom. The first-order valence-corrected chi connectivity index (χ1v) is 6.92. The fraction of sp³-hybridized carbons (Fsp3) is 0.143. The van der Waals surface area contributed by atoms with E-state index in [9.17, 15) is 10.1 Å². The molecule has 2 aromatic carbocycles. The molecular formula is C14H12BrNO4. The molecule has 0 atom stereocenters. The van der Waals surface area contributed by atoms with Gasteiger partial charge in [-0.25, -0.2) is 0 Å². The van der Waals surface area contributed by atoms with Gasteiger partial charge in [0.1, 0.15) is 11.5 Å². The second-order valence-electron chi connectivity index (χ2n) is 3.93. The van der Waals surface area contributed by atoms with Crippen molar-refractivity contribution in [2.45, 2.75) is 5.33 Å². The zero-order valence-corrected chi connectivity index (χ0v) is 12.3. The molecule has 2 aromatic rings. The summed E-state index contributed by atoms with van der Waals surface area (Å²) in [7, 11) is 1.46. The smallest absolute Gasteiger partial charge is 0.315 e. The largest absolute Gasteiger partial charge is 0.496 e. The molecule has 0 aliphatic rings. The predicted octanol–water partition coefficient (Wildman–Crippen LogP) is 4.29. The third-order valence-corrected chi connectivity index (χ3v) is 3.30. The molecule has 6 heteroatoms. The van der Waals surface area contributed by atoms with Crippen LogP contribution in [0.15, 0.2) is 42.5 Å². The van der Waals surface area contributed by atoms with E-state index in [0.29, 0.717) is 16.8 Å². The minimum atomic E-state index is -0.491. The van der Waals surface area contributed by atoms with Gasteiger partial charge in [-0.1, -0.05) is 34.1 Å². The summed E-state index contributed by atoms with van der Waals surface area (Å²) in [5.74, 6) is 1.18. The Morgan fingerprint density at radius 3 is 2.60 bits per heavy atom. The molecule has 0 heterocycles. The Hall–Kier alpha value is -2.08. The number of hydrogen-bond acceptors (Lipinski definition) is 4. The Labute approximate surface area is 124 Å². The van der Waals surface area contributed by atoms with Crippen molar-refractivity contribution >= 4 is 21.6 Å². The van der Waals surface area contributed by atoms with Crippen LogP contribution >= 0.6 is 15.9 Å². The molecule has 0 saturated heterocycles. The number of nitro benzene ring substituents is 1. The van der Waals surface area contributed by atoms with Crippen molar-refractivity contribution in [3.8, 4) is 17.2 Å². The number of nitrogens with zero attached hydrogens (tertiary/aromatic N) is 1. The van der Waals surface area contributed by atoms with E-state index >= 15 is 0 Å². The lowest BCUT2D eigenvalue weighted by atomic mass is 10.2. The van der Waals surface area contributed by atoms with E-state index in [0.717, 1.165) is 5.56 Å². The van der Waals surface area contributed by atoms with E-state index in [4.69, 9.17) is 9.47 Å². The molecule has 0 fully saturated rings. The van der Waals surface area contributed by atoms with Crippen LogP contribution in [0.4, 0.5) is 5.69 Å². The molecule has 20 heavy (non-hydrogen) atoms. The van der Waals surface area contributed by atoms with Gasteiger partial charge in [-0.2, -0.15) is 0 Å². The summed E-state index contributed by atoms with van der Waals surface area (Å²) < 4.78 is 10.7. The molecule has 0 bridgehead atoms. The molecule has 2 rings (SSSR count). The SMILES string of the molecule is COc1ccc(Oc2ccccc2CBr)c([N+](=O)[O-])c1. The lowest BCUT2D eigenvalue weighted by Gasteiger charge is -2.10. The summed E-state index contributed by atoms with van der Waals surface area (Å²) in [5.41, 5.74) is 0.784. The second-order valence-corrected chi connectivity index (χ2v) is 4.49. The van der Waals surface area contributed by atoms with E-state index in [1.807, 2.05) is 18.2 Å².